The lowest BCUT2D eigenvalue weighted by Gasteiger charge is -2.35. The van der Waals surface area contributed by atoms with Crippen LogP contribution in [-0.4, -0.2) is 59.9 Å². The number of hydrogen-bond donors (Lipinski definition) is 0. The molecular weight excluding hydrogens is 310 g/mol. The van der Waals surface area contributed by atoms with Crippen LogP contribution in [0.15, 0.2) is 24.3 Å². The van der Waals surface area contributed by atoms with Crippen LogP contribution in [0.2, 0.25) is 0 Å². The maximum Gasteiger partial charge on any atom is 0.338 e. The topological polar surface area (TPSA) is 90.7 Å². The third kappa shape index (κ3) is 4.10. The Bertz CT molecular complexity index is 687. The third-order valence-electron chi connectivity index (χ3n) is 3.90. The van der Waals surface area contributed by atoms with E-state index in [0.29, 0.717) is 31.7 Å². The lowest BCUT2D eigenvalue weighted by Crippen LogP contribution is -2.52. The summed E-state index contributed by atoms with van der Waals surface area (Å²) in [5.41, 5.74) is 0.582. The number of esters is 1. The van der Waals surface area contributed by atoms with E-state index in [9.17, 15) is 14.4 Å². The number of carbonyl (C=O) groups is 3. The summed E-state index contributed by atoms with van der Waals surface area (Å²) in [4.78, 5) is 39.0. The minimum Gasteiger partial charge on any atom is -0.449 e. The molecule has 0 bridgehead atoms. The lowest BCUT2D eigenvalue weighted by molar-refractivity contribution is -0.144. The van der Waals surface area contributed by atoms with Crippen molar-refractivity contribution in [2.45, 2.75) is 20.0 Å². The van der Waals surface area contributed by atoms with Crippen molar-refractivity contribution in [2.75, 3.05) is 26.2 Å². The highest BCUT2D eigenvalue weighted by molar-refractivity contribution is 5.92. The molecular formula is C17H19N3O4. The van der Waals surface area contributed by atoms with E-state index in [0.717, 1.165) is 0 Å². The van der Waals surface area contributed by atoms with E-state index in [1.54, 1.807) is 21.9 Å². The number of rotatable bonds is 3. The zero-order chi connectivity index (χ0) is 17.7. The molecule has 0 aromatic heterocycles. The van der Waals surface area contributed by atoms with Gasteiger partial charge in [-0.15, -0.1) is 0 Å². The van der Waals surface area contributed by atoms with Crippen LogP contribution in [0.5, 0.6) is 0 Å². The fourth-order valence-corrected chi connectivity index (χ4v) is 2.49. The summed E-state index contributed by atoms with van der Waals surface area (Å²) in [7, 11) is 0. The van der Waals surface area contributed by atoms with Crippen LogP contribution in [0.1, 0.15) is 29.8 Å². The van der Waals surface area contributed by atoms with Gasteiger partial charge in [0, 0.05) is 33.1 Å². The van der Waals surface area contributed by atoms with Crippen molar-refractivity contribution in [3.8, 4) is 6.07 Å². The van der Waals surface area contributed by atoms with Gasteiger partial charge in [0.25, 0.3) is 5.91 Å². The van der Waals surface area contributed by atoms with Crippen LogP contribution in [0.4, 0.5) is 0 Å². The number of benzene rings is 1. The van der Waals surface area contributed by atoms with Gasteiger partial charge in [0.2, 0.25) is 5.91 Å². The van der Waals surface area contributed by atoms with Crippen LogP contribution in [-0.2, 0) is 14.3 Å². The van der Waals surface area contributed by atoms with E-state index in [4.69, 9.17) is 10.00 Å². The quantitative estimate of drug-likeness (QED) is 0.765. The number of carbonyl (C=O) groups excluding carboxylic acids is 3. The lowest BCUT2D eigenvalue weighted by atomic mass is 10.1. The summed E-state index contributed by atoms with van der Waals surface area (Å²) in [6.07, 6.45) is -0.924. The van der Waals surface area contributed by atoms with Crippen LogP contribution >= 0.6 is 0 Å². The molecule has 1 aliphatic rings. The van der Waals surface area contributed by atoms with E-state index in [2.05, 4.69) is 0 Å². The molecule has 1 aromatic carbocycles. The second kappa shape index (κ2) is 7.59. The van der Waals surface area contributed by atoms with Crippen LogP contribution in [0.25, 0.3) is 0 Å². The molecule has 7 heteroatoms. The van der Waals surface area contributed by atoms with Crippen molar-refractivity contribution in [2.24, 2.45) is 0 Å². The zero-order valence-electron chi connectivity index (χ0n) is 13.7. The molecule has 7 nitrogen and oxygen atoms in total. The second-order valence-electron chi connectivity index (χ2n) is 5.57. The molecule has 1 fully saturated rings. The molecule has 1 aliphatic heterocycles. The average Bonchev–Trinajstić information content (AvgIpc) is 2.61. The zero-order valence-corrected chi connectivity index (χ0v) is 13.7. The molecule has 2 rings (SSSR count). The van der Waals surface area contributed by atoms with Crippen molar-refractivity contribution in [1.82, 2.24) is 9.80 Å². The summed E-state index contributed by atoms with van der Waals surface area (Å²) in [6.45, 7) is 4.81. The van der Waals surface area contributed by atoms with Crippen molar-refractivity contribution < 1.29 is 19.1 Å². The minimum atomic E-state index is -0.924. The van der Waals surface area contributed by atoms with Crippen LogP contribution < -0.4 is 0 Å². The predicted molar refractivity (Wildman–Crippen MR) is 84.9 cm³/mol. The summed E-state index contributed by atoms with van der Waals surface area (Å²) in [5, 5.41) is 8.85. The summed E-state index contributed by atoms with van der Waals surface area (Å²) in [5.74, 6) is -0.947. The van der Waals surface area contributed by atoms with E-state index in [1.165, 1.54) is 26.0 Å². The van der Waals surface area contributed by atoms with Gasteiger partial charge in [0.1, 0.15) is 0 Å². The molecule has 24 heavy (non-hydrogen) atoms. The molecule has 1 heterocycles. The fourth-order valence-electron chi connectivity index (χ4n) is 2.49. The van der Waals surface area contributed by atoms with Gasteiger partial charge in [-0.3, -0.25) is 9.59 Å². The highest BCUT2D eigenvalue weighted by atomic mass is 16.5. The molecule has 0 N–H and O–H groups in total. The molecule has 0 radical (unpaired) electrons. The monoisotopic (exact) mass is 329 g/mol. The first-order valence-corrected chi connectivity index (χ1v) is 7.68. The SMILES string of the molecule is CC(=O)N1CCN(C(=O)C(C)OC(=O)c2cccc(C#N)c2)CC1. The maximum atomic E-state index is 12.4. The Morgan fingerprint density at radius 1 is 1.17 bits per heavy atom. The molecule has 2 amide bonds. The number of amides is 2. The van der Waals surface area contributed by atoms with Crippen molar-refractivity contribution in [1.29, 1.82) is 5.26 Å². The second-order valence-corrected chi connectivity index (χ2v) is 5.57. The first-order valence-electron chi connectivity index (χ1n) is 7.68. The third-order valence-corrected chi connectivity index (χ3v) is 3.90. The molecule has 1 aromatic rings. The maximum absolute atomic E-state index is 12.4. The number of nitrogens with zero attached hydrogens (tertiary/aromatic N) is 3. The Labute approximate surface area is 140 Å². The highest BCUT2D eigenvalue weighted by Gasteiger charge is 2.28. The fraction of sp³-hybridized carbons (Fsp3) is 0.412. The number of ether oxygens (including phenoxy) is 1. The average molecular weight is 329 g/mol. The number of nitriles is 1. The summed E-state index contributed by atoms with van der Waals surface area (Å²) < 4.78 is 5.21. The number of piperazine rings is 1. The summed E-state index contributed by atoms with van der Waals surface area (Å²) >= 11 is 0. The summed E-state index contributed by atoms with van der Waals surface area (Å²) in [6, 6.07) is 8.07. The molecule has 0 aliphatic carbocycles. The highest BCUT2D eigenvalue weighted by Crippen LogP contribution is 2.10. The van der Waals surface area contributed by atoms with E-state index in [-0.39, 0.29) is 17.4 Å². The smallest absolute Gasteiger partial charge is 0.338 e. The Balaban J connectivity index is 1.93. The van der Waals surface area contributed by atoms with E-state index < -0.39 is 12.1 Å². The Morgan fingerprint density at radius 2 is 1.79 bits per heavy atom. The molecule has 126 valence electrons. The molecule has 0 saturated carbocycles. The van der Waals surface area contributed by atoms with Gasteiger partial charge in [0.05, 0.1) is 17.2 Å². The molecule has 1 unspecified atom stereocenters. The van der Waals surface area contributed by atoms with Crippen LogP contribution in [0.3, 0.4) is 0 Å². The molecule has 0 spiro atoms. The first-order chi connectivity index (χ1) is 11.4. The Kier molecular flexibility index (Phi) is 5.53. The van der Waals surface area contributed by atoms with Gasteiger partial charge < -0.3 is 14.5 Å². The van der Waals surface area contributed by atoms with E-state index in [1.807, 2.05) is 6.07 Å². The Morgan fingerprint density at radius 3 is 2.38 bits per heavy atom. The van der Waals surface area contributed by atoms with Gasteiger partial charge in [-0.2, -0.15) is 5.26 Å². The van der Waals surface area contributed by atoms with Gasteiger partial charge in [-0.25, -0.2) is 4.79 Å². The van der Waals surface area contributed by atoms with Crippen molar-refractivity contribution in [3.63, 3.8) is 0 Å². The minimum absolute atomic E-state index is 0.0149. The Hall–Kier alpha value is -2.88. The van der Waals surface area contributed by atoms with Crippen molar-refractivity contribution >= 4 is 17.8 Å². The van der Waals surface area contributed by atoms with Gasteiger partial charge in [-0.05, 0) is 25.1 Å². The standard InChI is InChI=1S/C17H19N3O4/c1-12(16(22)20-8-6-19(7-9-20)13(2)21)24-17(23)15-5-3-4-14(10-15)11-18/h3-5,10,12H,6-9H2,1-2H3. The normalized spacial score (nSPS) is 15.4. The molecule has 1 atom stereocenters. The van der Waals surface area contributed by atoms with Gasteiger partial charge in [0.15, 0.2) is 6.10 Å². The molecule has 1 saturated heterocycles. The van der Waals surface area contributed by atoms with Gasteiger partial charge in [-0.1, -0.05) is 6.07 Å². The van der Waals surface area contributed by atoms with Crippen molar-refractivity contribution in [3.05, 3.63) is 35.4 Å². The van der Waals surface area contributed by atoms with Crippen LogP contribution in [0, 0.1) is 11.3 Å². The largest absolute Gasteiger partial charge is 0.449 e. The first kappa shape index (κ1) is 17.5. The predicted octanol–water partition coefficient (Wildman–Crippen LogP) is 0.794. The number of hydrogen-bond acceptors (Lipinski definition) is 5. The van der Waals surface area contributed by atoms with Gasteiger partial charge >= 0.3 is 5.97 Å². The van der Waals surface area contributed by atoms with E-state index >= 15 is 0 Å².